The van der Waals surface area contributed by atoms with E-state index in [0.29, 0.717) is 12.1 Å². The maximum atomic E-state index is 12.4. The number of esters is 1. The molecule has 0 spiro atoms. The van der Waals surface area contributed by atoms with Crippen LogP contribution in [0.25, 0.3) is 5.52 Å². The Balaban J connectivity index is 2.34. The zero-order valence-corrected chi connectivity index (χ0v) is 10.8. The molecule has 2 aromatic rings. The molecule has 1 aliphatic heterocycles. The highest BCUT2D eigenvalue weighted by molar-refractivity contribution is 5.87. The fourth-order valence-corrected chi connectivity index (χ4v) is 2.41. The van der Waals surface area contributed by atoms with Crippen LogP contribution in [-0.2, 0) is 24.8 Å². The first-order valence-electron chi connectivity index (χ1n) is 6.02. The van der Waals surface area contributed by atoms with Gasteiger partial charge in [-0.05, 0) is 0 Å². The largest absolute Gasteiger partial charge is 0.464 e. The quantitative estimate of drug-likeness (QED) is 0.699. The van der Waals surface area contributed by atoms with Gasteiger partial charge in [-0.1, -0.05) is 0 Å². The van der Waals surface area contributed by atoms with Crippen LogP contribution in [0, 0.1) is 0 Å². The van der Waals surface area contributed by atoms with Crippen molar-refractivity contribution < 1.29 is 9.53 Å². The SMILES string of the molecule is COC(=O)c1cn2nc3c(c2c(=O)n1C)CNCC3. The van der Waals surface area contributed by atoms with Gasteiger partial charge in [-0.15, -0.1) is 0 Å². The number of ether oxygens (including phenoxy) is 1. The van der Waals surface area contributed by atoms with E-state index in [-0.39, 0.29) is 11.3 Å². The predicted molar refractivity (Wildman–Crippen MR) is 67.2 cm³/mol. The summed E-state index contributed by atoms with van der Waals surface area (Å²) in [4.78, 5) is 24.0. The summed E-state index contributed by atoms with van der Waals surface area (Å²) in [6.45, 7) is 1.48. The second kappa shape index (κ2) is 4.20. The zero-order chi connectivity index (χ0) is 13.6. The van der Waals surface area contributed by atoms with E-state index in [9.17, 15) is 9.59 Å². The van der Waals surface area contributed by atoms with E-state index in [2.05, 4.69) is 15.2 Å². The van der Waals surface area contributed by atoms with Crippen molar-refractivity contribution in [2.45, 2.75) is 13.0 Å². The van der Waals surface area contributed by atoms with Crippen LogP contribution >= 0.6 is 0 Å². The summed E-state index contributed by atoms with van der Waals surface area (Å²) in [7, 11) is 2.85. The van der Waals surface area contributed by atoms with E-state index < -0.39 is 5.97 Å². The molecule has 3 rings (SSSR count). The van der Waals surface area contributed by atoms with Gasteiger partial charge < -0.3 is 14.6 Å². The summed E-state index contributed by atoms with van der Waals surface area (Å²) in [5.41, 5.74) is 2.31. The molecule has 100 valence electrons. The number of methoxy groups -OCH3 is 1. The lowest BCUT2D eigenvalue weighted by Gasteiger charge is -2.11. The van der Waals surface area contributed by atoms with Gasteiger partial charge in [-0.25, -0.2) is 9.31 Å². The average molecular weight is 262 g/mol. The molecule has 0 radical (unpaired) electrons. The second-order valence-electron chi connectivity index (χ2n) is 4.52. The van der Waals surface area contributed by atoms with E-state index in [1.807, 2.05) is 0 Å². The lowest BCUT2D eigenvalue weighted by molar-refractivity contribution is 0.0587. The molecule has 0 aliphatic carbocycles. The standard InChI is InChI=1S/C12H14N4O3/c1-15-9(12(18)19-2)6-16-10(11(15)17)7-5-13-4-3-8(7)14-16/h6,13H,3-5H2,1-2H3. The highest BCUT2D eigenvalue weighted by Crippen LogP contribution is 2.16. The van der Waals surface area contributed by atoms with Crippen molar-refractivity contribution in [3.8, 4) is 0 Å². The van der Waals surface area contributed by atoms with E-state index in [1.165, 1.54) is 16.2 Å². The maximum Gasteiger partial charge on any atom is 0.356 e. The van der Waals surface area contributed by atoms with Crippen LogP contribution in [0.1, 0.15) is 21.7 Å². The van der Waals surface area contributed by atoms with Crippen LogP contribution in [-0.4, -0.2) is 33.8 Å². The molecule has 0 atom stereocenters. The molecule has 1 N–H and O–H groups in total. The summed E-state index contributed by atoms with van der Waals surface area (Å²) in [5.74, 6) is -0.548. The van der Waals surface area contributed by atoms with E-state index in [4.69, 9.17) is 0 Å². The van der Waals surface area contributed by atoms with E-state index >= 15 is 0 Å². The molecule has 0 saturated heterocycles. The fraction of sp³-hybridized carbons (Fsp3) is 0.417. The van der Waals surface area contributed by atoms with Gasteiger partial charge in [0.1, 0.15) is 11.2 Å². The summed E-state index contributed by atoms with van der Waals surface area (Å²) < 4.78 is 7.47. The molecule has 19 heavy (non-hydrogen) atoms. The van der Waals surface area contributed by atoms with Crippen LogP contribution in [0.2, 0.25) is 0 Å². The molecule has 0 fully saturated rings. The molecule has 0 aromatic carbocycles. The summed E-state index contributed by atoms with van der Waals surface area (Å²) >= 11 is 0. The summed E-state index contributed by atoms with van der Waals surface area (Å²) in [5, 5.41) is 7.61. The van der Waals surface area contributed by atoms with Gasteiger partial charge in [-0.3, -0.25) is 4.79 Å². The van der Waals surface area contributed by atoms with Crippen LogP contribution in [0.3, 0.4) is 0 Å². The third kappa shape index (κ3) is 1.66. The number of fused-ring (bicyclic) bond motifs is 3. The normalized spacial score (nSPS) is 14.4. The molecular formula is C12H14N4O3. The molecule has 0 amide bonds. The Hall–Kier alpha value is -2.15. The Labute approximate surface area is 108 Å². The van der Waals surface area contributed by atoms with E-state index in [0.717, 1.165) is 24.2 Å². The third-order valence-corrected chi connectivity index (χ3v) is 3.44. The number of nitrogens with zero attached hydrogens (tertiary/aromatic N) is 3. The minimum absolute atomic E-state index is 0.188. The van der Waals surface area contributed by atoms with Gasteiger partial charge in [0.2, 0.25) is 0 Å². The molecule has 3 heterocycles. The summed E-state index contributed by atoms with van der Waals surface area (Å²) in [6.07, 6.45) is 2.33. The van der Waals surface area contributed by atoms with Crippen molar-refractivity contribution >= 4 is 11.5 Å². The Morgan fingerprint density at radius 1 is 1.53 bits per heavy atom. The van der Waals surface area contributed by atoms with Crippen LogP contribution in [0.5, 0.6) is 0 Å². The predicted octanol–water partition coefficient (Wildman–Crippen LogP) is -0.535. The fourth-order valence-electron chi connectivity index (χ4n) is 2.41. The Bertz CT molecular complexity index is 729. The average Bonchev–Trinajstić information content (AvgIpc) is 2.80. The van der Waals surface area contributed by atoms with Crippen molar-refractivity contribution in [3.05, 3.63) is 33.5 Å². The minimum atomic E-state index is -0.548. The van der Waals surface area contributed by atoms with Gasteiger partial charge in [0.05, 0.1) is 19.0 Å². The molecular weight excluding hydrogens is 248 g/mol. The second-order valence-corrected chi connectivity index (χ2v) is 4.52. The topological polar surface area (TPSA) is 77.6 Å². The molecule has 0 saturated carbocycles. The number of rotatable bonds is 1. The van der Waals surface area contributed by atoms with Crippen molar-refractivity contribution in [2.75, 3.05) is 13.7 Å². The maximum absolute atomic E-state index is 12.4. The first-order chi connectivity index (χ1) is 9.13. The first kappa shape index (κ1) is 11.9. The first-order valence-corrected chi connectivity index (χ1v) is 6.02. The van der Waals surface area contributed by atoms with Gasteiger partial charge in [0.25, 0.3) is 5.56 Å². The highest BCUT2D eigenvalue weighted by Gasteiger charge is 2.22. The van der Waals surface area contributed by atoms with E-state index in [1.54, 1.807) is 13.2 Å². The lowest BCUT2D eigenvalue weighted by atomic mass is 10.1. The molecule has 0 unspecified atom stereocenters. The number of aromatic nitrogens is 3. The Kier molecular flexibility index (Phi) is 2.63. The van der Waals surface area contributed by atoms with Gasteiger partial charge in [0, 0.05) is 32.1 Å². The van der Waals surface area contributed by atoms with Gasteiger partial charge in [-0.2, -0.15) is 5.10 Å². The molecule has 7 nitrogen and oxygen atoms in total. The number of carbonyl (C=O) groups excluding carboxylic acids is 1. The molecule has 7 heteroatoms. The van der Waals surface area contributed by atoms with Crippen LogP contribution in [0.4, 0.5) is 0 Å². The Morgan fingerprint density at radius 2 is 2.32 bits per heavy atom. The van der Waals surface area contributed by atoms with Gasteiger partial charge >= 0.3 is 5.97 Å². The van der Waals surface area contributed by atoms with Crippen molar-refractivity contribution in [1.82, 2.24) is 19.5 Å². The lowest BCUT2D eigenvalue weighted by Crippen LogP contribution is -2.28. The monoisotopic (exact) mass is 262 g/mol. The number of hydrogen-bond acceptors (Lipinski definition) is 5. The minimum Gasteiger partial charge on any atom is -0.464 e. The highest BCUT2D eigenvalue weighted by atomic mass is 16.5. The zero-order valence-electron chi connectivity index (χ0n) is 10.8. The number of carbonyl (C=O) groups is 1. The van der Waals surface area contributed by atoms with Gasteiger partial charge in [0.15, 0.2) is 0 Å². The van der Waals surface area contributed by atoms with Crippen LogP contribution < -0.4 is 10.9 Å². The summed E-state index contributed by atoms with van der Waals surface area (Å²) in [6, 6.07) is 0. The molecule has 1 aliphatic rings. The van der Waals surface area contributed by atoms with Crippen LogP contribution in [0.15, 0.2) is 11.0 Å². The third-order valence-electron chi connectivity index (χ3n) is 3.44. The molecule has 2 aromatic heterocycles. The number of hydrogen-bond donors (Lipinski definition) is 1. The van der Waals surface area contributed by atoms with Crippen molar-refractivity contribution in [1.29, 1.82) is 0 Å². The Morgan fingerprint density at radius 3 is 3.05 bits per heavy atom. The molecule has 0 bridgehead atoms. The smallest absolute Gasteiger partial charge is 0.356 e. The van der Waals surface area contributed by atoms with Crippen molar-refractivity contribution in [2.24, 2.45) is 7.05 Å². The number of nitrogens with one attached hydrogen (secondary N) is 1. The van der Waals surface area contributed by atoms with Crippen molar-refractivity contribution in [3.63, 3.8) is 0 Å².